The molecule has 0 saturated heterocycles. The number of carbonyl (C=O) groups is 1. The number of ketones is 1. The van der Waals surface area contributed by atoms with Crippen molar-refractivity contribution in [3.63, 3.8) is 0 Å². The van der Waals surface area contributed by atoms with E-state index in [0.29, 0.717) is 28.8 Å². The molecule has 28 heavy (non-hydrogen) atoms. The van der Waals surface area contributed by atoms with Crippen molar-refractivity contribution in [2.45, 2.75) is 18.7 Å². The highest BCUT2D eigenvalue weighted by atomic mass is 35.5. The zero-order valence-electron chi connectivity index (χ0n) is 15.5. The first-order chi connectivity index (χ1) is 13.3. The maximum atomic E-state index is 12.5. The number of fused-ring (bicyclic) bond motifs is 1. The predicted octanol–water partition coefficient (Wildman–Crippen LogP) is 4.28. The van der Waals surface area contributed by atoms with Crippen LogP contribution in [0.4, 0.5) is 5.13 Å². The lowest BCUT2D eigenvalue weighted by atomic mass is 10.1. The molecule has 0 spiro atoms. The van der Waals surface area contributed by atoms with Crippen LogP contribution in [0.5, 0.6) is 0 Å². The summed E-state index contributed by atoms with van der Waals surface area (Å²) in [4.78, 5) is 17.0. The van der Waals surface area contributed by atoms with Crippen molar-refractivity contribution in [3.8, 4) is 0 Å². The lowest BCUT2D eigenvalue weighted by molar-refractivity contribution is 0.101. The molecule has 0 aliphatic heterocycles. The van der Waals surface area contributed by atoms with Gasteiger partial charge in [0.1, 0.15) is 0 Å². The fourth-order valence-corrected chi connectivity index (χ4v) is 5.35. The molecule has 0 radical (unpaired) electrons. The smallest absolute Gasteiger partial charge is 0.243 e. The molecular formula is C19H20ClN3O3S2. The number of hydrogen-bond acceptors (Lipinski definition) is 6. The van der Waals surface area contributed by atoms with E-state index < -0.39 is 10.0 Å². The van der Waals surface area contributed by atoms with E-state index >= 15 is 0 Å². The van der Waals surface area contributed by atoms with E-state index in [1.807, 2.05) is 12.1 Å². The quantitative estimate of drug-likeness (QED) is 0.532. The maximum absolute atomic E-state index is 12.5. The molecule has 6 nitrogen and oxygen atoms in total. The lowest BCUT2D eigenvalue weighted by Crippen LogP contribution is -2.30. The van der Waals surface area contributed by atoms with Crippen LogP contribution in [-0.2, 0) is 10.0 Å². The number of aromatic nitrogens is 1. The van der Waals surface area contributed by atoms with Gasteiger partial charge in [-0.1, -0.05) is 36.8 Å². The Balaban J connectivity index is 1.69. The van der Waals surface area contributed by atoms with Gasteiger partial charge in [-0.05, 0) is 42.5 Å². The Morgan fingerprint density at radius 2 is 1.82 bits per heavy atom. The van der Waals surface area contributed by atoms with Crippen LogP contribution < -0.4 is 5.32 Å². The van der Waals surface area contributed by atoms with E-state index in [-0.39, 0.29) is 17.2 Å². The SMILES string of the molecule is CCN(CC)S(=O)(=O)c1ccc(C(=O)CNc2nc3ccc(Cl)cc3s2)cc1. The lowest BCUT2D eigenvalue weighted by Gasteiger charge is -2.18. The van der Waals surface area contributed by atoms with Gasteiger partial charge in [0, 0.05) is 23.7 Å². The molecule has 0 atom stereocenters. The Hall–Kier alpha value is -2.00. The largest absolute Gasteiger partial charge is 0.354 e. The zero-order valence-corrected chi connectivity index (χ0v) is 17.9. The summed E-state index contributed by atoms with van der Waals surface area (Å²) in [6.45, 7) is 4.45. The molecular weight excluding hydrogens is 418 g/mol. The van der Waals surface area contributed by atoms with Gasteiger partial charge in [0.15, 0.2) is 10.9 Å². The number of Topliss-reactive ketones (excluding diaryl/α,β-unsaturated/α-hetero) is 1. The van der Waals surface area contributed by atoms with Crippen molar-refractivity contribution in [2.24, 2.45) is 0 Å². The van der Waals surface area contributed by atoms with Crippen molar-refractivity contribution in [3.05, 3.63) is 53.1 Å². The van der Waals surface area contributed by atoms with Crippen LogP contribution >= 0.6 is 22.9 Å². The van der Waals surface area contributed by atoms with E-state index in [1.54, 1.807) is 32.0 Å². The summed E-state index contributed by atoms with van der Waals surface area (Å²) < 4.78 is 27.3. The van der Waals surface area contributed by atoms with E-state index in [0.717, 1.165) is 10.2 Å². The highest BCUT2D eigenvalue weighted by Gasteiger charge is 2.21. The van der Waals surface area contributed by atoms with Crippen LogP contribution in [0.2, 0.25) is 5.02 Å². The zero-order chi connectivity index (χ0) is 20.3. The van der Waals surface area contributed by atoms with Crippen molar-refractivity contribution in [1.29, 1.82) is 0 Å². The molecule has 1 heterocycles. The van der Waals surface area contributed by atoms with Gasteiger partial charge in [-0.2, -0.15) is 4.31 Å². The fourth-order valence-electron chi connectivity index (χ4n) is 2.76. The number of rotatable bonds is 8. The summed E-state index contributed by atoms with van der Waals surface area (Å²) in [7, 11) is -3.53. The summed E-state index contributed by atoms with van der Waals surface area (Å²) in [5, 5.41) is 4.29. The number of halogens is 1. The van der Waals surface area contributed by atoms with Crippen molar-refractivity contribution in [1.82, 2.24) is 9.29 Å². The molecule has 9 heteroatoms. The third-order valence-electron chi connectivity index (χ3n) is 4.27. The second kappa shape index (κ2) is 8.57. The molecule has 2 aromatic carbocycles. The van der Waals surface area contributed by atoms with Gasteiger partial charge in [-0.25, -0.2) is 13.4 Å². The van der Waals surface area contributed by atoms with Gasteiger partial charge in [0.25, 0.3) is 0 Å². The Kier molecular flexibility index (Phi) is 6.34. The summed E-state index contributed by atoms with van der Waals surface area (Å²) in [5.74, 6) is -0.149. The molecule has 0 aliphatic carbocycles. The maximum Gasteiger partial charge on any atom is 0.243 e. The number of benzene rings is 2. The van der Waals surface area contributed by atoms with Gasteiger partial charge in [-0.3, -0.25) is 4.79 Å². The van der Waals surface area contributed by atoms with Crippen LogP contribution in [0.1, 0.15) is 24.2 Å². The Labute approximate surface area is 173 Å². The van der Waals surface area contributed by atoms with Crippen molar-refractivity contribution >= 4 is 54.1 Å². The van der Waals surface area contributed by atoms with Gasteiger partial charge >= 0.3 is 0 Å². The molecule has 1 N–H and O–H groups in total. The second-order valence-corrected chi connectivity index (χ2v) is 9.43. The monoisotopic (exact) mass is 437 g/mol. The number of nitrogens with zero attached hydrogens (tertiary/aromatic N) is 2. The number of hydrogen-bond donors (Lipinski definition) is 1. The topological polar surface area (TPSA) is 79.4 Å². The van der Waals surface area contributed by atoms with Gasteiger partial charge in [0.05, 0.1) is 21.7 Å². The summed E-state index contributed by atoms with van der Waals surface area (Å²) in [5.41, 5.74) is 1.26. The molecule has 0 fully saturated rings. The fraction of sp³-hybridized carbons (Fsp3) is 0.263. The van der Waals surface area contributed by atoms with E-state index in [4.69, 9.17) is 11.6 Å². The highest BCUT2D eigenvalue weighted by molar-refractivity contribution is 7.89. The molecule has 0 unspecified atom stereocenters. The number of carbonyl (C=O) groups excluding carboxylic acids is 1. The van der Waals surface area contributed by atoms with Crippen LogP contribution in [0, 0.1) is 0 Å². The Morgan fingerprint density at radius 1 is 1.14 bits per heavy atom. The van der Waals surface area contributed by atoms with E-state index in [9.17, 15) is 13.2 Å². The third-order valence-corrected chi connectivity index (χ3v) is 7.55. The van der Waals surface area contributed by atoms with Crippen molar-refractivity contribution < 1.29 is 13.2 Å². The van der Waals surface area contributed by atoms with Gasteiger partial charge < -0.3 is 5.32 Å². The molecule has 0 aliphatic rings. The van der Waals surface area contributed by atoms with Gasteiger partial charge in [-0.15, -0.1) is 0 Å². The molecule has 0 saturated carbocycles. The summed E-state index contributed by atoms with van der Waals surface area (Å²) in [6, 6.07) is 11.5. The molecule has 1 aromatic heterocycles. The number of nitrogens with one attached hydrogen (secondary N) is 1. The molecule has 3 aromatic rings. The minimum Gasteiger partial charge on any atom is -0.354 e. The van der Waals surface area contributed by atoms with E-state index in [1.165, 1.54) is 27.8 Å². The van der Waals surface area contributed by atoms with Crippen LogP contribution in [0.15, 0.2) is 47.4 Å². The highest BCUT2D eigenvalue weighted by Crippen LogP contribution is 2.28. The minimum atomic E-state index is -3.53. The molecule has 0 bridgehead atoms. The Morgan fingerprint density at radius 3 is 2.46 bits per heavy atom. The first-order valence-corrected chi connectivity index (χ1v) is 11.4. The first-order valence-electron chi connectivity index (χ1n) is 8.78. The first kappa shape index (κ1) is 20.7. The third kappa shape index (κ3) is 4.35. The second-order valence-electron chi connectivity index (χ2n) is 6.02. The normalized spacial score (nSPS) is 11.9. The average Bonchev–Trinajstić information content (AvgIpc) is 3.09. The minimum absolute atomic E-state index is 0.0652. The van der Waals surface area contributed by atoms with Gasteiger partial charge in [0.2, 0.25) is 10.0 Å². The number of anilines is 1. The number of sulfonamides is 1. The predicted molar refractivity (Wildman–Crippen MR) is 114 cm³/mol. The molecule has 0 amide bonds. The number of thiazole rings is 1. The molecule has 3 rings (SSSR count). The van der Waals surface area contributed by atoms with Crippen LogP contribution in [0.3, 0.4) is 0 Å². The Bertz CT molecular complexity index is 1090. The molecule has 148 valence electrons. The summed E-state index contributed by atoms with van der Waals surface area (Å²) in [6.07, 6.45) is 0. The van der Waals surface area contributed by atoms with Crippen molar-refractivity contribution in [2.75, 3.05) is 25.0 Å². The summed E-state index contributed by atoms with van der Waals surface area (Å²) >= 11 is 7.40. The van der Waals surface area contributed by atoms with Crippen LogP contribution in [0.25, 0.3) is 10.2 Å². The average molecular weight is 438 g/mol. The van der Waals surface area contributed by atoms with E-state index in [2.05, 4.69) is 10.3 Å². The van der Waals surface area contributed by atoms with Crippen LogP contribution in [-0.4, -0.2) is 43.1 Å². The standard InChI is InChI=1S/C19H20ClN3O3S2/c1-3-23(4-2)28(25,26)15-8-5-13(6-9-15)17(24)12-21-19-22-16-10-7-14(20)11-18(16)27-19/h5-11H,3-4,12H2,1-2H3,(H,21,22).